The Balaban J connectivity index is 2.24. The lowest BCUT2D eigenvalue weighted by Crippen LogP contribution is -2.33. The predicted molar refractivity (Wildman–Crippen MR) is 88.3 cm³/mol. The van der Waals surface area contributed by atoms with E-state index in [1.807, 2.05) is 11.6 Å². The number of nitrogens with one attached hydrogen (secondary N) is 2. The first kappa shape index (κ1) is 16.9. The fraction of sp³-hybridized carbons (Fsp3) is 0.500. The van der Waals surface area contributed by atoms with Crippen LogP contribution in [0.25, 0.3) is 11.0 Å². The van der Waals surface area contributed by atoms with Gasteiger partial charge in [-0.25, -0.2) is 9.67 Å². The number of carbonyl (C=O) groups is 2. The van der Waals surface area contributed by atoms with Gasteiger partial charge < -0.3 is 10.6 Å². The lowest BCUT2D eigenvalue weighted by atomic mass is 10.1. The maximum absolute atomic E-state index is 12.4. The quantitative estimate of drug-likeness (QED) is 0.792. The molecule has 1 atom stereocenters. The average molecular weight is 317 g/mol. The SMILES string of the molecule is CCC(C)n1ncc2c(C(=O)NCCNC(C)=O)cc(C)nc21. The topological polar surface area (TPSA) is 88.9 Å². The number of fused-ring (bicyclic) bond motifs is 1. The first-order valence-electron chi connectivity index (χ1n) is 7.81. The Bertz CT molecular complexity index is 723. The molecular weight excluding hydrogens is 294 g/mol. The Hall–Kier alpha value is -2.44. The van der Waals surface area contributed by atoms with E-state index in [4.69, 9.17) is 0 Å². The lowest BCUT2D eigenvalue weighted by molar-refractivity contribution is -0.118. The van der Waals surface area contributed by atoms with Crippen LogP contribution in [0.1, 0.15) is 49.3 Å². The van der Waals surface area contributed by atoms with Crippen molar-refractivity contribution in [2.45, 2.75) is 40.2 Å². The minimum absolute atomic E-state index is 0.115. The van der Waals surface area contributed by atoms with Gasteiger partial charge in [0, 0.05) is 25.7 Å². The van der Waals surface area contributed by atoms with E-state index in [2.05, 4.69) is 34.6 Å². The van der Waals surface area contributed by atoms with Crippen LogP contribution in [0.3, 0.4) is 0 Å². The molecule has 0 fully saturated rings. The Morgan fingerprint density at radius 1 is 1.30 bits per heavy atom. The van der Waals surface area contributed by atoms with Gasteiger partial charge in [0.05, 0.1) is 23.2 Å². The molecule has 0 aliphatic carbocycles. The van der Waals surface area contributed by atoms with E-state index in [0.29, 0.717) is 18.7 Å². The Kier molecular flexibility index (Phi) is 5.31. The second-order valence-electron chi connectivity index (χ2n) is 5.63. The third kappa shape index (κ3) is 3.85. The van der Waals surface area contributed by atoms with Crippen molar-refractivity contribution >= 4 is 22.8 Å². The van der Waals surface area contributed by atoms with E-state index in [9.17, 15) is 9.59 Å². The van der Waals surface area contributed by atoms with Crippen LogP contribution in [0.2, 0.25) is 0 Å². The van der Waals surface area contributed by atoms with E-state index in [0.717, 1.165) is 23.1 Å². The number of hydrogen-bond donors (Lipinski definition) is 2. The molecule has 2 rings (SSSR count). The van der Waals surface area contributed by atoms with Gasteiger partial charge in [-0.3, -0.25) is 9.59 Å². The molecule has 7 heteroatoms. The number of carbonyl (C=O) groups excluding carboxylic acids is 2. The van der Waals surface area contributed by atoms with Crippen LogP contribution in [0.4, 0.5) is 0 Å². The molecule has 1 unspecified atom stereocenters. The molecule has 0 saturated heterocycles. The number of aromatic nitrogens is 3. The molecule has 0 radical (unpaired) electrons. The molecule has 0 aliphatic rings. The highest BCUT2D eigenvalue weighted by Gasteiger charge is 2.17. The van der Waals surface area contributed by atoms with Crippen LogP contribution in [0, 0.1) is 6.92 Å². The third-order valence-electron chi connectivity index (χ3n) is 3.73. The molecule has 0 aliphatic heterocycles. The van der Waals surface area contributed by atoms with Crippen LogP contribution >= 0.6 is 0 Å². The molecule has 7 nitrogen and oxygen atoms in total. The minimum Gasteiger partial charge on any atom is -0.355 e. The van der Waals surface area contributed by atoms with Gasteiger partial charge in [0.1, 0.15) is 0 Å². The van der Waals surface area contributed by atoms with Gasteiger partial charge in [-0.05, 0) is 26.3 Å². The highest BCUT2D eigenvalue weighted by atomic mass is 16.2. The molecule has 23 heavy (non-hydrogen) atoms. The Labute approximate surface area is 135 Å². The zero-order valence-electron chi connectivity index (χ0n) is 14.0. The van der Waals surface area contributed by atoms with Crippen molar-refractivity contribution in [3.05, 3.63) is 23.5 Å². The number of rotatable bonds is 6. The molecular formula is C16H23N5O2. The highest BCUT2D eigenvalue weighted by Crippen LogP contribution is 2.22. The molecule has 0 bridgehead atoms. The van der Waals surface area contributed by atoms with Crippen molar-refractivity contribution in [2.75, 3.05) is 13.1 Å². The van der Waals surface area contributed by atoms with E-state index >= 15 is 0 Å². The summed E-state index contributed by atoms with van der Waals surface area (Å²) in [4.78, 5) is 27.8. The second kappa shape index (κ2) is 7.21. The van der Waals surface area contributed by atoms with E-state index in [1.165, 1.54) is 6.92 Å². The van der Waals surface area contributed by atoms with Gasteiger partial charge in [0.2, 0.25) is 5.91 Å². The maximum atomic E-state index is 12.4. The summed E-state index contributed by atoms with van der Waals surface area (Å²) in [6.45, 7) is 8.25. The van der Waals surface area contributed by atoms with Crippen molar-refractivity contribution in [2.24, 2.45) is 0 Å². The molecule has 2 N–H and O–H groups in total. The Morgan fingerprint density at radius 2 is 2.00 bits per heavy atom. The summed E-state index contributed by atoms with van der Waals surface area (Å²) < 4.78 is 1.86. The smallest absolute Gasteiger partial charge is 0.252 e. The zero-order chi connectivity index (χ0) is 17.0. The molecule has 0 spiro atoms. The first-order chi connectivity index (χ1) is 10.9. The standard InChI is InChI=1S/C16H23N5O2/c1-5-11(3)21-15-14(9-19-21)13(8-10(2)20-15)16(23)18-7-6-17-12(4)22/h8-9,11H,5-7H2,1-4H3,(H,17,22)(H,18,23). The summed E-state index contributed by atoms with van der Waals surface area (Å²) in [6.07, 6.45) is 2.63. The fourth-order valence-electron chi connectivity index (χ4n) is 2.34. The van der Waals surface area contributed by atoms with Gasteiger partial charge >= 0.3 is 0 Å². The van der Waals surface area contributed by atoms with Crippen molar-refractivity contribution in [3.63, 3.8) is 0 Å². The van der Waals surface area contributed by atoms with Crippen molar-refractivity contribution < 1.29 is 9.59 Å². The van der Waals surface area contributed by atoms with Gasteiger partial charge in [0.25, 0.3) is 5.91 Å². The van der Waals surface area contributed by atoms with Crippen LogP contribution in [0.5, 0.6) is 0 Å². The van der Waals surface area contributed by atoms with Crippen LogP contribution in [-0.2, 0) is 4.79 Å². The monoisotopic (exact) mass is 317 g/mol. The average Bonchev–Trinajstić information content (AvgIpc) is 2.93. The van der Waals surface area contributed by atoms with Crippen molar-refractivity contribution in [3.8, 4) is 0 Å². The van der Waals surface area contributed by atoms with E-state index < -0.39 is 0 Å². The van der Waals surface area contributed by atoms with Gasteiger partial charge in [-0.1, -0.05) is 6.92 Å². The zero-order valence-corrected chi connectivity index (χ0v) is 14.0. The fourth-order valence-corrected chi connectivity index (χ4v) is 2.34. The number of pyridine rings is 1. The largest absolute Gasteiger partial charge is 0.355 e. The summed E-state index contributed by atoms with van der Waals surface area (Å²) in [5.41, 5.74) is 2.06. The highest BCUT2D eigenvalue weighted by molar-refractivity contribution is 6.05. The number of hydrogen-bond acceptors (Lipinski definition) is 4. The second-order valence-corrected chi connectivity index (χ2v) is 5.63. The van der Waals surface area contributed by atoms with Gasteiger partial charge in [-0.15, -0.1) is 0 Å². The summed E-state index contributed by atoms with van der Waals surface area (Å²) in [5.74, 6) is -0.300. The lowest BCUT2D eigenvalue weighted by Gasteiger charge is -2.11. The number of amides is 2. The number of aryl methyl sites for hydroxylation is 1. The number of nitrogens with zero attached hydrogens (tertiary/aromatic N) is 3. The minimum atomic E-state index is -0.186. The van der Waals surface area contributed by atoms with Gasteiger partial charge in [-0.2, -0.15) is 5.10 Å². The summed E-state index contributed by atoms with van der Waals surface area (Å²) in [7, 11) is 0. The molecule has 0 aromatic carbocycles. The Morgan fingerprint density at radius 3 is 2.65 bits per heavy atom. The van der Waals surface area contributed by atoms with Crippen LogP contribution in [-0.4, -0.2) is 39.7 Å². The van der Waals surface area contributed by atoms with Crippen molar-refractivity contribution in [1.29, 1.82) is 0 Å². The molecule has 2 aromatic heterocycles. The normalized spacial score (nSPS) is 12.2. The molecule has 2 aromatic rings. The summed E-state index contributed by atoms with van der Waals surface area (Å²) in [6, 6.07) is 1.98. The van der Waals surface area contributed by atoms with Gasteiger partial charge in [0.15, 0.2) is 5.65 Å². The molecule has 0 saturated carbocycles. The summed E-state index contributed by atoms with van der Waals surface area (Å²) >= 11 is 0. The first-order valence-corrected chi connectivity index (χ1v) is 7.81. The molecule has 2 heterocycles. The predicted octanol–water partition coefficient (Wildman–Crippen LogP) is 1.58. The summed E-state index contributed by atoms with van der Waals surface area (Å²) in [5, 5.41) is 10.6. The molecule has 124 valence electrons. The van der Waals surface area contributed by atoms with Crippen LogP contribution < -0.4 is 10.6 Å². The van der Waals surface area contributed by atoms with Crippen molar-refractivity contribution in [1.82, 2.24) is 25.4 Å². The third-order valence-corrected chi connectivity index (χ3v) is 3.73. The van der Waals surface area contributed by atoms with Crippen LogP contribution in [0.15, 0.2) is 12.3 Å². The molecule has 2 amide bonds. The maximum Gasteiger partial charge on any atom is 0.252 e. The van der Waals surface area contributed by atoms with E-state index in [1.54, 1.807) is 12.3 Å². The van der Waals surface area contributed by atoms with E-state index in [-0.39, 0.29) is 17.9 Å².